The molecule has 94 valence electrons. The van der Waals surface area contributed by atoms with Crippen LogP contribution in [0.3, 0.4) is 0 Å². The van der Waals surface area contributed by atoms with Crippen molar-refractivity contribution in [1.29, 1.82) is 0 Å². The highest BCUT2D eigenvalue weighted by Crippen LogP contribution is 2.11. The number of nitrogens with zero attached hydrogens (tertiary/aromatic N) is 2. The summed E-state index contributed by atoms with van der Waals surface area (Å²) in [5, 5.41) is 3.63. The van der Waals surface area contributed by atoms with Gasteiger partial charge in [0, 0.05) is 18.8 Å². The Morgan fingerprint density at radius 2 is 2.18 bits per heavy atom. The fourth-order valence-corrected chi connectivity index (χ4v) is 2.40. The van der Waals surface area contributed by atoms with Crippen LogP contribution in [0.1, 0.15) is 31.0 Å². The second kappa shape index (κ2) is 6.12. The highest BCUT2D eigenvalue weighted by atomic mass is 15.1. The van der Waals surface area contributed by atoms with Crippen molar-refractivity contribution in [3.05, 3.63) is 29.6 Å². The van der Waals surface area contributed by atoms with Gasteiger partial charge in [-0.05, 0) is 51.0 Å². The van der Waals surface area contributed by atoms with Crippen molar-refractivity contribution < 1.29 is 0 Å². The zero-order valence-electron chi connectivity index (χ0n) is 10.9. The normalized spacial score (nSPS) is 18.5. The van der Waals surface area contributed by atoms with Gasteiger partial charge in [-0.2, -0.15) is 0 Å². The molecule has 0 unspecified atom stereocenters. The highest BCUT2D eigenvalue weighted by molar-refractivity contribution is 5.17. The van der Waals surface area contributed by atoms with Gasteiger partial charge in [0.15, 0.2) is 0 Å². The maximum Gasteiger partial charge on any atom is 0.0570 e. The number of hydrogen-bond donors (Lipinski definition) is 1. The SMILES string of the molecule is CCN1CCC(NCc2ncccc2C)CC1. The van der Waals surface area contributed by atoms with Gasteiger partial charge in [0.2, 0.25) is 0 Å². The van der Waals surface area contributed by atoms with Gasteiger partial charge >= 0.3 is 0 Å². The molecule has 1 fully saturated rings. The molecule has 0 radical (unpaired) electrons. The van der Waals surface area contributed by atoms with E-state index in [1.807, 2.05) is 12.3 Å². The van der Waals surface area contributed by atoms with Gasteiger partial charge in [0.25, 0.3) is 0 Å². The number of pyridine rings is 1. The third kappa shape index (κ3) is 3.51. The van der Waals surface area contributed by atoms with E-state index >= 15 is 0 Å². The molecule has 1 aliphatic rings. The summed E-state index contributed by atoms with van der Waals surface area (Å²) >= 11 is 0. The first-order chi connectivity index (χ1) is 8.29. The van der Waals surface area contributed by atoms with Crippen LogP contribution in [-0.2, 0) is 6.54 Å². The maximum atomic E-state index is 4.42. The first-order valence-electron chi connectivity index (χ1n) is 6.66. The fourth-order valence-electron chi connectivity index (χ4n) is 2.40. The predicted octanol–water partition coefficient (Wildman–Crippen LogP) is 1.96. The lowest BCUT2D eigenvalue weighted by Crippen LogP contribution is -2.42. The molecule has 0 bridgehead atoms. The van der Waals surface area contributed by atoms with Gasteiger partial charge < -0.3 is 10.2 Å². The summed E-state index contributed by atoms with van der Waals surface area (Å²) in [6, 6.07) is 4.79. The van der Waals surface area contributed by atoms with Gasteiger partial charge in [-0.1, -0.05) is 13.0 Å². The lowest BCUT2D eigenvalue weighted by atomic mass is 10.0. The molecule has 0 spiro atoms. The molecule has 3 nitrogen and oxygen atoms in total. The second-order valence-electron chi connectivity index (χ2n) is 4.86. The van der Waals surface area contributed by atoms with Gasteiger partial charge in [0.1, 0.15) is 0 Å². The molecule has 0 atom stereocenters. The minimum Gasteiger partial charge on any atom is -0.308 e. The molecule has 2 heterocycles. The maximum absolute atomic E-state index is 4.42. The van der Waals surface area contributed by atoms with Crippen molar-refractivity contribution in [2.75, 3.05) is 19.6 Å². The Kier molecular flexibility index (Phi) is 4.51. The Balaban J connectivity index is 1.78. The summed E-state index contributed by atoms with van der Waals surface area (Å²) in [6.07, 6.45) is 4.41. The van der Waals surface area contributed by atoms with Gasteiger partial charge in [-0.25, -0.2) is 0 Å². The van der Waals surface area contributed by atoms with Crippen molar-refractivity contribution in [2.45, 2.75) is 39.3 Å². The summed E-state index contributed by atoms with van der Waals surface area (Å²) in [5.74, 6) is 0. The smallest absolute Gasteiger partial charge is 0.0570 e. The van der Waals surface area contributed by atoms with Crippen LogP contribution in [0, 0.1) is 6.92 Å². The van der Waals surface area contributed by atoms with Gasteiger partial charge in [-0.15, -0.1) is 0 Å². The van der Waals surface area contributed by atoms with Gasteiger partial charge in [-0.3, -0.25) is 4.98 Å². The molecule has 1 aliphatic heterocycles. The molecule has 1 aromatic heterocycles. The van der Waals surface area contributed by atoms with Crippen LogP contribution >= 0.6 is 0 Å². The van der Waals surface area contributed by atoms with E-state index in [1.165, 1.54) is 43.7 Å². The Bertz CT molecular complexity index is 343. The van der Waals surface area contributed by atoms with Crippen molar-refractivity contribution in [2.24, 2.45) is 0 Å². The lowest BCUT2D eigenvalue weighted by molar-refractivity contribution is 0.205. The highest BCUT2D eigenvalue weighted by Gasteiger charge is 2.17. The van der Waals surface area contributed by atoms with Crippen molar-refractivity contribution >= 4 is 0 Å². The van der Waals surface area contributed by atoms with E-state index in [0.29, 0.717) is 6.04 Å². The van der Waals surface area contributed by atoms with Crippen LogP contribution in [0.4, 0.5) is 0 Å². The monoisotopic (exact) mass is 233 g/mol. The van der Waals surface area contributed by atoms with E-state index in [1.54, 1.807) is 0 Å². The fraction of sp³-hybridized carbons (Fsp3) is 0.643. The molecular formula is C14H23N3. The molecule has 1 N–H and O–H groups in total. The van der Waals surface area contributed by atoms with E-state index in [0.717, 1.165) is 6.54 Å². The average Bonchev–Trinajstić information content (AvgIpc) is 2.38. The summed E-state index contributed by atoms with van der Waals surface area (Å²) < 4.78 is 0. The molecule has 0 aliphatic carbocycles. The zero-order valence-corrected chi connectivity index (χ0v) is 10.9. The van der Waals surface area contributed by atoms with E-state index in [-0.39, 0.29) is 0 Å². The van der Waals surface area contributed by atoms with Crippen LogP contribution in [0.2, 0.25) is 0 Å². The predicted molar refractivity (Wildman–Crippen MR) is 70.9 cm³/mol. The van der Waals surface area contributed by atoms with E-state index in [9.17, 15) is 0 Å². The average molecular weight is 233 g/mol. The topological polar surface area (TPSA) is 28.2 Å². The van der Waals surface area contributed by atoms with Crippen LogP contribution < -0.4 is 5.32 Å². The lowest BCUT2D eigenvalue weighted by Gasteiger charge is -2.31. The zero-order chi connectivity index (χ0) is 12.1. The Morgan fingerprint density at radius 3 is 2.82 bits per heavy atom. The van der Waals surface area contributed by atoms with E-state index < -0.39 is 0 Å². The molecule has 0 amide bonds. The number of aryl methyl sites for hydroxylation is 1. The molecule has 0 aromatic carbocycles. The van der Waals surface area contributed by atoms with Crippen molar-refractivity contribution in [3.63, 3.8) is 0 Å². The standard InChI is InChI=1S/C14H23N3/c1-3-17-9-6-13(7-10-17)16-11-14-12(2)5-4-8-15-14/h4-5,8,13,16H,3,6-7,9-11H2,1-2H3. The van der Waals surface area contributed by atoms with E-state index in [2.05, 4.69) is 35.1 Å². The second-order valence-corrected chi connectivity index (χ2v) is 4.86. The number of aromatic nitrogens is 1. The Labute approximate surface area is 104 Å². The first kappa shape index (κ1) is 12.5. The number of nitrogens with one attached hydrogen (secondary N) is 1. The van der Waals surface area contributed by atoms with Crippen LogP contribution in [-0.4, -0.2) is 35.6 Å². The number of rotatable bonds is 4. The third-order valence-electron chi connectivity index (χ3n) is 3.71. The summed E-state index contributed by atoms with van der Waals surface area (Å²) in [6.45, 7) is 8.93. The number of piperidine rings is 1. The van der Waals surface area contributed by atoms with Crippen molar-refractivity contribution in [3.8, 4) is 0 Å². The van der Waals surface area contributed by atoms with Crippen LogP contribution in [0.5, 0.6) is 0 Å². The number of hydrogen-bond acceptors (Lipinski definition) is 3. The van der Waals surface area contributed by atoms with E-state index in [4.69, 9.17) is 0 Å². The number of likely N-dealkylation sites (tertiary alicyclic amines) is 1. The summed E-state index contributed by atoms with van der Waals surface area (Å²) in [7, 11) is 0. The minimum absolute atomic E-state index is 0.666. The molecule has 1 aromatic rings. The summed E-state index contributed by atoms with van der Waals surface area (Å²) in [5.41, 5.74) is 2.47. The molecule has 0 saturated carbocycles. The Morgan fingerprint density at radius 1 is 1.41 bits per heavy atom. The summed E-state index contributed by atoms with van der Waals surface area (Å²) in [4.78, 5) is 6.94. The molecule has 1 saturated heterocycles. The minimum atomic E-state index is 0.666. The Hall–Kier alpha value is -0.930. The third-order valence-corrected chi connectivity index (χ3v) is 3.71. The largest absolute Gasteiger partial charge is 0.308 e. The van der Waals surface area contributed by atoms with Crippen LogP contribution in [0.25, 0.3) is 0 Å². The van der Waals surface area contributed by atoms with Gasteiger partial charge in [0.05, 0.1) is 5.69 Å². The molecule has 2 rings (SSSR count). The van der Waals surface area contributed by atoms with Crippen molar-refractivity contribution in [1.82, 2.24) is 15.2 Å². The van der Waals surface area contributed by atoms with Crippen LogP contribution in [0.15, 0.2) is 18.3 Å². The first-order valence-corrected chi connectivity index (χ1v) is 6.66. The molecule has 3 heteroatoms. The molecular weight excluding hydrogens is 210 g/mol. The quantitative estimate of drug-likeness (QED) is 0.861. The molecule has 17 heavy (non-hydrogen) atoms.